The van der Waals surface area contributed by atoms with Gasteiger partial charge in [0.15, 0.2) is 5.16 Å². The number of nitrogens with two attached hydrogens (primary N) is 1. The zero-order valence-electron chi connectivity index (χ0n) is 16.7. The van der Waals surface area contributed by atoms with E-state index in [1.165, 1.54) is 18.3 Å². The van der Waals surface area contributed by atoms with E-state index >= 15 is 0 Å². The number of carbonyl (C=O) groups is 1. The Balaban J connectivity index is 1.94. The second kappa shape index (κ2) is 8.71. The number of carboxylic acid groups (broad SMARTS) is 1. The first-order valence-electron chi connectivity index (χ1n) is 9.65. The van der Waals surface area contributed by atoms with E-state index < -0.39 is 24.3 Å². The quantitative estimate of drug-likeness (QED) is 0.430. The molecular weight excluding hydrogens is 410 g/mol. The van der Waals surface area contributed by atoms with Gasteiger partial charge in [0, 0.05) is 37.7 Å². The van der Waals surface area contributed by atoms with Crippen LogP contribution in [-0.4, -0.2) is 48.7 Å². The Morgan fingerprint density at radius 2 is 2.17 bits per heavy atom. The molecule has 0 radical (unpaired) electrons. The highest BCUT2D eigenvalue weighted by Crippen LogP contribution is 2.60. The summed E-state index contributed by atoms with van der Waals surface area (Å²) in [4.78, 5) is 28.4. The van der Waals surface area contributed by atoms with E-state index in [1.54, 1.807) is 35.1 Å². The van der Waals surface area contributed by atoms with E-state index in [9.17, 15) is 23.7 Å². The van der Waals surface area contributed by atoms with Crippen molar-refractivity contribution in [3.8, 4) is 11.3 Å². The molecule has 0 aliphatic carbocycles. The molecule has 0 amide bonds. The van der Waals surface area contributed by atoms with E-state index in [0.29, 0.717) is 30.6 Å². The lowest BCUT2D eigenvalue weighted by atomic mass is 9.98. The molecule has 1 unspecified atom stereocenters. The third kappa shape index (κ3) is 4.19. The van der Waals surface area contributed by atoms with Crippen molar-refractivity contribution >= 4 is 13.3 Å². The van der Waals surface area contributed by atoms with Crippen LogP contribution in [0.5, 0.6) is 0 Å². The number of benzene rings is 1. The van der Waals surface area contributed by atoms with E-state index in [0.717, 1.165) is 11.4 Å². The van der Waals surface area contributed by atoms with Gasteiger partial charge in [0.25, 0.3) is 0 Å². The van der Waals surface area contributed by atoms with Crippen LogP contribution in [0, 0.1) is 5.82 Å². The zero-order chi connectivity index (χ0) is 21.9. The molecule has 0 spiro atoms. The molecule has 1 aliphatic rings. The highest BCUT2D eigenvalue weighted by atomic mass is 31.2. The first kappa shape index (κ1) is 22.2. The Hall–Kier alpha value is -2.48. The van der Waals surface area contributed by atoms with Crippen molar-refractivity contribution in [1.29, 1.82) is 0 Å². The first-order chi connectivity index (χ1) is 14.2. The van der Waals surface area contributed by atoms with E-state index in [-0.39, 0.29) is 19.5 Å². The summed E-state index contributed by atoms with van der Waals surface area (Å²) in [5.41, 5.74) is 7.60. The van der Waals surface area contributed by atoms with Crippen LogP contribution in [0.2, 0.25) is 0 Å². The second-order valence-electron chi connectivity index (χ2n) is 7.60. The third-order valence-electron chi connectivity index (χ3n) is 5.54. The maximum Gasteiger partial charge on any atom is 0.321 e. The topological polar surface area (TPSA) is 122 Å². The minimum Gasteiger partial charge on any atom is -0.480 e. The molecule has 0 saturated heterocycles. The van der Waals surface area contributed by atoms with Gasteiger partial charge in [0.2, 0.25) is 7.37 Å². The van der Waals surface area contributed by atoms with Gasteiger partial charge in [0.1, 0.15) is 5.82 Å². The van der Waals surface area contributed by atoms with Crippen LogP contribution in [0.3, 0.4) is 0 Å². The van der Waals surface area contributed by atoms with Crippen molar-refractivity contribution in [3.05, 3.63) is 54.1 Å². The van der Waals surface area contributed by atoms with Crippen LogP contribution < -0.4 is 5.73 Å². The lowest BCUT2D eigenvalue weighted by Crippen LogP contribution is -2.49. The minimum atomic E-state index is -4.08. The molecule has 0 saturated carbocycles. The van der Waals surface area contributed by atoms with Crippen LogP contribution in [0.25, 0.3) is 11.3 Å². The van der Waals surface area contributed by atoms with Crippen molar-refractivity contribution in [2.45, 2.75) is 31.0 Å². The summed E-state index contributed by atoms with van der Waals surface area (Å²) in [5.74, 6) is -0.600. The van der Waals surface area contributed by atoms with Crippen molar-refractivity contribution in [1.82, 2.24) is 14.5 Å². The van der Waals surface area contributed by atoms with E-state index in [2.05, 4.69) is 4.98 Å². The average Bonchev–Trinajstić information content (AvgIpc) is 3.11. The molecule has 4 N–H and O–H groups in total. The molecule has 1 aromatic heterocycles. The molecule has 30 heavy (non-hydrogen) atoms. The van der Waals surface area contributed by atoms with Gasteiger partial charge < -0.3 is 25.2 Å². The number of rotatable bonds is 8. The van der Waals surface area contributed by atoms with Crippen LogP contribution >= 0.6 is 7.37 Å². The number of hydrogen-bond donors (Lipinski definition) is 3. The van der Waals surface area contributed by atoms with Gasteiger partial charge in [-0.1, -0.05) is 12.5 Å². The average molecular weight is 436 g/mol. The van der Waals surface area contributed by atoms with E-state index in [1.807, 2.05) is 0 Å². The van der Waals surface area contributed by atoms with Crippen molar-refractivity contribution in [2.75, 3.05) is 13.1 Å². The predicted molar refractivity (Wildman–Crippen MR) is 111 cm³/mol. The number of nitrogens with zero attached hydrogens (tertiary/aromatic N) is 3. The number of carboxylic acids is 1. The van der Waals surface area contributed by atoms with Gasteiger partial charge in [-0.25, -0.2) is 9.37 Å². The molecular formula is C20H26FN4O4P. The van der Waals surface area contributed by atoms with Crippen molar-refractivity contribution < 1.29 is 23.7 Å². The molecule has 1 aliphatic heterocycles. The number of halogens is 1. The summed E-state index contributed by atoms with van der Waals surface area (Å²) in [7, 11) is -2.28. The summed E-state index contributed by atoms with van der Waals surface area (Å²) in [5, 5.41) is 8.10. The Bertz CT molecular complexity index is 1010. The number of hydrogen-bond acceptors (Lipinski definition) is 5. The van der Waals surface area contributed by atoms with E-state index in [4.69, 9.17) is 5.73 Å². The number of imidazole rings is 1. The highest BCUT2D eigenvalue weighted by molar-refractivity contribution is 7.64. The van der Waals surface area contributed by atoms with Gasteiger partial charge in [-0.3, -0.25) is 9.36 Å². The maximum absolute atomic E-state index is 13.9. The molecule has 0 fully saturated rings. The predicted octanol–water partition coefficient (Wildman–Crippen LogP) is 2.74. The molecule has 2 aromatic rings. The van der Waals surface area contributed by atoms with Crippen molar-refractivity contribution in [2.24, 2.45) is 12.8 Å². The lowest BCUT2D eigenvalue weighted by Gasteiger charge is -2.40. The van der Waals surface area contributed by atoms with Crippen LogP contribution in [0.1, 0.15) is 24.8 Å². The lowest BCUT2D eigenvalue weighted by molar-refractivity contribution is -0.141. The zero-order valence-corrected chi connectivity index (χ0v) is 17.6. The molecule has 2 atom stereocenters. The fourth-order valence-electron chi connectivity index (χ4n) is 3.80. The summed E-state index contributed by atoms with van der Waals surface area (Å²) in [6, 6.07) is 4.38. The first-order valence-corrected chi connectivity index (χ1v) is 11.4. The fraction of sp³-hybridized carbons (Fsp3) is 0.400. The highest BCUT2D eigenvalue weighted by Gasteiger charge is 2.54. The molecule has 162 valence electrons. The number of aromatic nitrogens is 2. The van der Waals surface area contributed by atoms with Gasteiger partial charge >= 0.3 is 5.97 Å². The Kier molecular flexibility index (Phi) is 6.45. The Morgan fingerprint density at radius 3 is 2.80 bits per heavy atom. The summed E-state index contributed by atoms with van der Waals surface area (Å²) < 4.78 is 28.5. The van der Waals surface area contributed by atoms with Crippen LogP contribution in [0.15, 0.2) is 42.7 Å². The van der Waals surface area contributed by atoms with Crippen LogP contribution in [0.4, 0.5) is 4.39 Å². The molecule has 1 aromatic carbocycles. The van der Waals surface area contributed by atoms with Crippen LogP contribution in [-0.2, 0) is 23.0 Å². The minimum absolute atomic E-state index is 0.0478. The number of unbranched alkanes of at least 4 members (excludes halogenated alkanes) is 1. The monoisotopic (exact) mass is 436 g/mol. The summed E-state index contributed by atoms with van der Waals surface area (Å²) in [6.45, 7) is 0.511. The standard InChI is InChI=1S/C20H26FN4O4P/c1-24-14-23-11-18(24)17-10-16(21)5-4-15(17)12-25-8-9-30(28,29)20(13-25,19(26)27)6-2-3-7-22/h4-5,8-11,14H,2-3,6-7,12-13,22H2,1H3,(H,26,27)(H,28,29)/t20-/m0/s1. The summed E-state index contributed by atoms with van der Waals surface area (Å²) >= 11 is 0. The molecule has 3 rings (SSSR count). The maximum atomic E-state index is 13.9. The largest absolute Gasteiger partial charge is 0.480 e. The molecule has 2 heterocycles. The summed E-state index contributed by atoms with van der Waals surface area (Å²) in [6.07, 6.45) is 5.75. The second-order valence-corrected chi connectivity index (χ2v) is 10.00. The van der Waals surface area contributed by atoms with Gasteiger partial charge in [-0.2, -0.15) is 0 Å². The molecule has 10 heteroatoms. The van der Waals surface area contributed by atoms with Gasteiger partial charge in [0.05, 0.1) is 18.2 Å². The fourth-order valence-corrected chi connectivity index (χ4v) is 5.59. The normalized spacial score (nSPS) is 23.7. The number of aryl methyl sites for hydroxylation is 1. The molecule has 8 nitrogen and oxygen atoms in total. The smallest absolute Gasteiger partial charge is 0.321 e. The van der Waals surface area contributed by atoms with Gasteiger partial charge in [-0.15, -0.1) is 0 Å². The number of aliphatic carboxylic acids is 1. The van der Waals surface area contributed by atoms with Gasteiger partial charge in [-0.05, 0) is 37.1 Å². The Morgan fingerprint density at radius 1 is 1.40 bits per heavy atom. The Labute approximate surface area is 174 Å². The molecule has 0 bridgehead atoms. The third-order valence-corrected chi connectivity index (χ3v) is 7.86. The SMILES string of the molecule is Cn1cncc1-c1cc(F)ccc1CN1C=CP(=O)(O)[C@](CCCCN)(C(=O)O)C1. The van der Waals surface area contributed by atoms with Crippen molar-refractivity contribution in [3.63, 3.8) is 0 Å².